The average molecular weight is 324 g/mol. The smallest absolute Gasteiger partial charge is 0.271 e. The molecule has 2 aromatic rings. The fraction of sp³-hybridized carbons (Fsp3) is 0.429. The van der Waals surface area contributed by atoms with Crippen LogP contribution in [0.1, 0.15) is 17.4 Å². The second-order valence-electron chi connectivity index (χ2n) is 4.63. The summed E-state index contributed by atoms with van der Waals surface area (Å²) in [5, 5.41) is 7.61. The SMILES string of the molecule is CCO[C@@H]1COC[C@H]1NC(=O)c1csc(-c2cccs2)n1. The summed E-state index contributed by atoms with van der Waals surface area (Å²) in [7, 11) is 0. The van der Waals surface area contributed by atoms with Gasteiger partial charge in [0.15, 0.2) is 0 Å². The molecule has 2 atom stereocenters. The van der Waals surface area contributed by atoms with Gasteiger partial charge >= 0.3 is 0 Å². The molecule has 0 spiro atoms. The maximum absolute atomic E-state index is 12.3. The summed E-state index contributed by atoms with van der Waals surface area (Å²) in [6.45, 7) is 3.55. The Morgan fingerprint density at radius 1 is 1.52 bits per heavy atom. The molecule has 3 heterocycles. The molecule has 1 N–H and O–H groups in total. The highest BCUT2D eigenvalue weighted by molar-refractivity contribution is 7.20. The van der Waals surface area contributed by atoms with Gasteiger partial charge in [-0.05, 0) is 18.4 Å². The molecule has 1 amide bonds. The van der Waals surface area contributed by atoms with Gasteiger partial charge in [0.25, 0.3) is 5.91 Å². The van der Waals surface area contributed by atoms with E-state index in [2.05, 4.69) is 10.3 Å². The van der Waals surface area contributed by atoms with Gasteiger partial charge in [-0.15, -0.1) is 22.7 Å². The van der Waals surface area contributed by atoms with Gasteiger partial charge in [0.1, 0.15) is 16.8 Å². The van der Waals surface area contributed by atoms with Crippen LogP contribution in [0.25, 0.3) is 9.88 Å². The van der Waals surface area contributed by atoms with Crippen LogP contribution >= 0.6 is 22.7 Å². The lowest BCUT2D eigenvalue weighted by atomic mass is 10.2. The highest BCUT2D eigenvalue weighted by atomic mass is 32.1. The molecule has 3 rings (SSSR count). The third-order valence-corrected chi connectivity index (χ3v) is 5.08. The Bertz CT molecular complexity index is 597. The van der Waals surface area contributed by atoms with E-state index in [1.54, 1.807) is 16.7 Å². The Hall–Kier alpha value is -1.28. The molecular weight excluding hydrogens is 308 g/mol. The quantitative estimate of drug-likeness (QED) is 0.917. The van der Waals surface area contributed by atoms with Crippen LogP contribution in [0.5, 0.6) is 0 Å². The highest BCUT2D eigenvalue weighted by Crippen LogP contribution is 2.27. The van der Waals surface area contributed by atoms with Crippen molar-refractivity contribution in [3.63, 3.8) is 0 Å². The van der Waals surface area contributed by atoms with E-state index >= 15 is 0 Å². The molecule has 0 saturated carbocycles. The van der Waals surface area contributed by atoms with Crippen LogP contribution in [0.3, 0.4) is 0 Å². The number of thiophene rings is 1. The van der Waals surface area contributed by atoms with Crippen molar-refractivity contribution in [3.8, 4) is 9.88 Å². The minimum atomic E-state index is -0.172. The molecule has 1 fully saturated rings. The van der Waals surface area contributed by atoms with Crippen LogP contribution in [-0.2, 0) is 9.47 Å². The number of thiazole rings is 1. The summed E-state index contributed by atoms with van der Waals surface area (Å²) in [6.07, 6.45) is -0.0747. The number of rotatable bonds is 5. The van der Waals surface area contributed by atoms with E-state index in [4.69, 9.17) is 9.47 Å². The zero-order chi connectivity index (χ0) is 14.7. The van der Waals surface area contributed by atoms with Crippen molar-refractivity contribution in [2.24, 2.45) is 0 Å². The van der Waals surface area contributed by atoms with Crippen molar-refractivity contribution in [2.45, 2.75) is 19.1 Å². The Morgan fingerprint density at radius 3 is 3.19 bits per heavy atom. The number of ether oxygens (including phenoxy) is 2. The Kier molecular flexibility index (Phi) is 4.64. The van der Waals surface area contributed by atoms with Gasteiger partial charge in [-0.25, -0.2) is 4.98 Å². The molecule has 0 aliphatic carbocycles. The number of nitrogens with zero attached hydrogens (tertiary/aromatic N) is 1. The Labute approximate surface area is 130 Å². The fourth-order valence-corrected chi connectivity index (χ4v) is 3.80. The summed E-state index contributed by atoms with van der Waals surface area (Å²) < 4.78 is 10.9. The van der Waals surface area contributed by atoms with Gasteiger partial charge in [0.05, 0.1) is 24.1 Å². The van der Waals surface area contributed by atoms with E-state index in [0.29, 0.717) is 25.5 Å². The van der Waals surface area contributed by atoms with E-state index in [0.717, 1.165) is 9.88 Å². The van der Waals surface area contributed by atoms with Crippen LogP contribution in [-0.4, -0.2) is 42.9 Å². The number of carbonyl (C=O) groups is 1. The number of nitrogens with one attached hydrogen (secondary N) is 1. The Morgan fingerprint density at radius 2 is 2.43 bits per heavy atom. The van der Waals surface area contributed by atoms with Crippen molar-refractivity contribution in [2.75, 3.05) is 19.8 Å². The van der Waals surface area contributed by atoms with Crippen LogP contribution in [0.15, 0.2) is 22.9 Å². The molecule has 2 aromatic heterocycles. The number of carbonyl (C=O) groups excluding carboxylic acids is 1. The lowest BCUT2D eigenvalue weighted by Gasteiger charge is -2.18. The first-order valence-corrected chi connectivity index (χ1v) is 8.53. The van der Waals surface area contributed by atoms with Crippen molar-refractivity contribution >= 4 is 28.6 Å². The van der Waals surface area contributed by atoms with Crippen molar-refractivity contribution in [1.82, 2.24) is 10.3 Å². The lowest BCUT2D eigenvalue weighted by Crippen LogP contribution is -2.43. The van der Waals surface area contributed by atoms with Gasteiger partial charge in [-0.2, -0.15) is 0 Å². The maximum atomic E-state index is 12.3. The minimum Gasteiger partial charge on any atom is -0.376 e. The zero-order valence-corrected chi connectivity index (χ0v) is 13.2. The minimum absolute atomic E-state index is 0.0747. The molecule has 0 bridgehead atoms. The van der Waals surface area contributed by atoms with Crippen LogP contribution in [0, 0.1) is 0 Å². The topological polar surface area (TPSA) is 60.5 Å². The summed E-state index contributed by atoms with van der Waals surface area (Å²) in [5.41, 5.74) is 0.450. The normalized spacial score (nSPS) is 21.6. The van der Waals surface area contributed by atoms with Gasteiger partial charge in [-0.3, -0.25) is 4.79 Å². The molecule has 0 radical (unpaired) electrons. The van der Waals surface area contributed by atoms with Crippen LogP contribution < -0.4 is 5.32 Å². The number of aromatic nitrogens is 1. The molecular formula is C14H16N2O3S2. The largest absolute Gasteiger partial charge is 0.376 e. The summed E-state index contributed by atoms with van der Waals surface area (Å²) in [6, 6.07) is 3.87. The first kappa shape index (κ1) is 14.6. The summed E-state index contributed by atoms with van der Waals surface area (Å²) >= 11 is 3.10. The molecule has 5 nitrogen and oxygen atoms in total. The molecule has 1 saturated heterocycles. The predicted octanol–water partition coefficient (Wildman–Crippen LogP) is 2.41. The molecule has 7 heteroatoms. The molecule has 1 aliphatic heterocycles. The fourth-order valence-electron chi connectivity index (χ4n) is 2.18. The second kappa shape index (κ2) is 6.65. The van der Waals surface area contributed by atoms with Gasteiger partial charge < -0.3 is 14.8 Å². The van der Waals surface area contributed by atoms with E-state index in [9.17, 15) is 4.79 Å². The lowest BCUT2D eigenvalue weighted by molar-refractivity contribution is 0.0402. The first-order valence-electron chi connectivity index (χ1n) is 6.77. The average Bonchev–Trinajstić information content (AvgIpc) is 3.20. The van der Waals surface area contributed by atoms with Crippen molar-refractivity contribution in [1.29, 1.82) is 0 Å². The van der Waals surface area contributed by atoms with Crippen molar-refractivity contribution in [3.05, 3.63) is 28.6 Å². The number of hydrogen-bond donors (Lipinski definition) is 1. The van der Waals surface area contributed by atoms with Crippen LogP contribution in [0.4, 0.5) is 0 Å². The van der Waals surface area contributed by atoms with Gasteiger partial charge in [0, 0.05) is 12.0 Å². The summed E-state index contributed by atoms with van der Waals surface area (Å²) in [5.74, 6) is -0.172. The molecule has 21 heavy (non-hydrogen) atoms. The van der Waals surface area contributed by atoms with Crippen molar-refractivity contribution < 1.29 is 14.3 Å². The van der Waals surface area contributed by atoms with E-state index in [1.165, 1.54) is 11.3 Å². The highest BCUT2D eigenvalue weighted by Gasteiger charge is 2.30. The molecule has 0 unspecified atom stereocenters. The number of amides is 1. The Balaban J connectivity index is 1.66. The van der Waals surface area contributed by atoms with E-state index in [-0.39, 0.29) is 18.1 Å². The monoisotopic (exact) mass is 324 g/mol. The van der Waals surface area contributed by atoms with Crippen LogP contribution in [0.2, 0.25) is 0 Å². The summed E-state index contributed by atoms with van der Waals surface area (Å²) in [4.78, 5) is 17.7. The van der Waals surface area contributed by atoms with E-state index < -0.39 is 0 Å². The third-order valence-electron chi connectivity index (χ3n) is 3.19. The van der Waals surface area contributed by atoms with Gasteiger partial charge in [0.2, 0.25) is 0 Å². The maximum Gasteiger partial charge on any atom is 0.271 e. The zero-order valence-electron chi connectivity index (χ0n) is 11.6. The first-order chi connectivity index (χ1) is 10.3. The second-order valence-corrected chi connectivity index (χ2v) is 6.43. The number of hydrogen-bond acceptors (Lipinski definition) is 6. The van der Waals surface area contributed by atoms with Gasteiger partial charge in [-0.1, -0.05) is 6.07 Å². The third kappa shape index (κ3) is 3.32. The standard InChI is InChI=1S/C14H16N2O3S2/c1-2-19-11-7-18-6-9(11)15-13(17)10-8-21-14(16-10)12-4-3-5-20-12/h3-5,8-9,11H,2,6-7H2,1H3,(H,15,17)/t9-,11-/m1/s1. The molecule has 112 valence electrons. The predicted molar refractivity (Wildman–Crippen MR) is 82.9 cm³/mol. The molecule has 1 aliphatic rings. The molecule has 0 aromatic carbocycles. The van der Waals surface area contributed by atoms with E-state index in [1.807, 2.05) is 24.4 Å².